The number of nitrogens with one attached hydrogen (secondary N) is 1. The second-order valence-corrected chi connectivity index (χ2v) is 4.75. The molecule has 2 nitrogen and oxygen atoms in total. The molecule has 1 aromatic carbocycles. The summed E-state index contributed by atoms with van der Waals surface area (Å²) in [5.74, 6) is -1.47. The summed E-state index contributed by atoms with van der Waals surface area (Å²) >= 11 is 5.65. The van der Waals surface area contributed by atoms with Gasteiger partial charge in [0.25, 0.3) is 0 Å². The minimum absolute atomic E-state index is 0.133. The molecule has 17 heavy (non-hydrogen) atoms. The quantitative estimate of drug-likeness (QED) is 0.830. The predicted octanol–water partition coefficient (Wildman–Crippen LogP) is 2.64. The Bertz CT molecular complexity index is 421. The summed E-state index contributed by atoms with van der Waals surface area (Å²) in [6, 6.07) is 3.14. The summed E-state index contributed by atoms with van der Waals surface area (Å²) in [6.07, 6.45) is -0.133. The molecule has 0 saturated carbocycles. The van der Waals surface area contributed by atoms with Gasteiger partial charge in [-0.25, -0.2) is 8.78 Å². The monoisotopic (exact) mass is 261 g/mol. The zero-order valence-electron chi connectivity index (χ0n) is 9.69. The van der Waals surface area contributed by atoms with Gasteiger partial charge in [0, 0.05) is 17.5 Å². The highest BCUT2D eigenvalue weighted by Gasteiger charge is 2.19. The first-order valence-corrected chi connectivity index (χ1v) is 5.68. The molecule has 0 bridgehead atoms. The molecule has 94 valence electrons. The molecule has 0 aromatic heterocycles. The Hall–Kier alpha value is -1.16. The first kappa shape index (κ1) is 13.9. The van der Waals surface area contributed by atoms with E-state index in [2.05, 4.69) is 5.32 Å². The molecule has 0 aliphatic rings. The summed E-state index contributed by atoms with van der Waals surface area (Å²) in [5, 5.41) is 2.66. The van der Waals surface area contributed by atoms with E-state index < -0.39 is 17.2 Å². The molecule has 1 rings (SSSR count). The van der Waals surface area contributed by atoms with Crippen LogP contribution in [0.25, 0.3) is 0 Å². The molecule has 1 aromatic rings. The molecule has 0 radical (unpaired) electrons. The number of halogens is 3. The minimum atomic E-state index is -0.719. The van der Waals surface area contributed by atoms with E-state index in [4.69, 9.17) is 11.6 Å². The van der Waals surface area contributed by atoms with Crippen LogP contribution in [0.1, 0.15) is 19.4 Å². The maximum Gasteiger partial charge on any atom is 0.224 e. The van der Waals surface area contributed by atoms with Gasteiger partial charge in [0.15, 0.2) is 0 Å². The van der Waals surface area contributed by atoms with E-state index in [1.807, 2.05) is 0 Å². The van der Waals surface area contributed by atoms with Gasteiger partial charge in [-0.05, 0) is 25.5 Å². The van der Waals surface area contributed by atoms with Crippen LogP contribution < -0.4 is 5.32 Å². The number of rotatable bonds is 4. The van der Waals surface area contributed by atoms with E-state index in [-0.39, 0.29) is 23.8 Å². The van der Waals surface area contributed by atoms with Crippen molar-refractivity contribution in [3.63, 3.8) is 0 Å². The van der Waals surface area contributed by atoms with Crippen LogP contribution in [0.15, 0.2) is 18.2 Å². The van der Waals surface area contributed by atoms with Gasteiger partial charge in [0.1, 0.15) is 11.6 Å². The van der Waals surface area contributed by atoms with E-state index in [9.17, 15) is 13.6 Å². The van der Waals surface area contributed by atoms with Gasteiger partial charge in [0.2, 0.25) is 5.91 Å². The van der Waals surface area contributed by atoms with Crippen LogP contribution in [-0.2, 0) is 11.2 Å². The molecule has 0 heterocycles. The molecule has 0 atom stereocenters. The summed E-state index contributed by atoms with van der Waals surface area (Å²) in [5.41, 5.74) is -0.385. The predicted molar refractivity (Wildman–Crippen MR) is 63.0 cm³/mol. The van der Waals surface area contributed by atoms with Crippen molar-refractivity contribution in [1.82, 2.24) is 5.32 Å². The number of carbonyl (C=O) groups is 1. The number of alkyl halides is 1. The van der Waals surface area contributed by atoms with Crippen molar-refractivity contribution in [2.24, 2.45) is 0 Å². The third-order valence-electron chi connectivity index (χ3n) is 2.18. The lowest BCUT2D eigenvalue weighted by Crippen LogP contribution is -2.45. The molecule has 0 spiro atoms. The highest BCUT2D eigenvalue weighted by atomic mass is 35.5. The average molecular weight is 262 g/mol. The molecule has 0 aliphatic heterocycles. The SMILES string of the molecule is CC(C)(CCl)NC(=O)Cc1ccc(F)cc1F. The Morgan fingerprint density at radius 1 is 1.41 bits per heavy atom. The second-order valence-electron chi connectivity index (χ2n) is 4.48. The number of amides is 1. The van der Waals surface area contributed by atoms with Gasteiger partial charge in [-0.3, -0.25) is 4.79 Å². The lowest BCUT2D eigenvalue weighted by atomic mass is 10.1. The van der Waals surface area contributed by atoms with Gasteiger partial charge in [0.05, 0.1) is 6.42 Å². The first-order chi connectivity index (χ1) is 7.84. The van der Waals surface area contributed by atoms with Crippen molar-refractivity contribution in [1.29, 1.82) is 0 Å². The van der Waals surface area contributed by atoms with E-state index in [0.29, 0.717) is 0 Å². The van der Waals surface area contributed by atoms with Gasteiger partial charge < -0.3 is 5.32 Å². The number of hydrogen-bond acceptors (Lipinski definition) is 1. The van der Waals surface area contributed by atoms with Crippen molar-refractivity contribution < 1.29 is 13.6 Å². The molecular formula is C12H14ClF2NO. The Morgan fingerprint density at radius 2 is 2.06 bits per heavy atom. The Kier molecular flexibility index (Phi) is 4.46. The fourth-order valence-corrected chi connectivity index (χ4v) is 1.36. The Morgan fingerprint density at radius 3 is 2.59 bits per heavy atom. The fourth-order valence-electron chi connectivity index (χ4n) is 1.29. The van der Waals surface area contributed by atoms with Crippen LogP contribution in [0.4, 0.5) is 8.78 Å². The Balaban J connectivity index is 2.69. The van der Waals surface area contributed by atoms with Crippen LogP contribution in [0.3, 0.4) is 0 Å². The molecule has 5 heteroatoms. The number of benzene rings is 1. The number of hydrogen-bond donors (Lipinski definition) is 1. The van der Waals surface area contributed by atoms with Crippen LogP contribution in [0.5, 0.6) is 0 Å². The Labute approximate surface area is 104 Å². The molecule has 0 saturated heterocycles. The number of carbonyl (C=O) groups excluding carboxylic acids is 1. The van der Waals surface area contributed by atoms with Crippen LogP contribution in [0, 0.1) is 11.6 Å². The van der Waals surface area contributed by atoms with Crippen LogP contribution >= 0.6 is 11.6 Å². The second kappa shape index (κ2) is 5.45. The molecule has 0 aliphatic carbocycles. The topological polar surface area (TPSA) is 29.1 Å². The van der Waals surface area contributed by atoms with Gasteiger partial charge in [-0.1, -0.05) is 6.07 Å². The van der Waals surface area contributed by atoms with Crippen molar-refractivity contribution in [3.8, 4) is 0 Å². The highest BCUT2D eigenvalue weighted by Crippen LogP contribution is 2.11. The van der Waals surface area contributed by atoms with E-state index in [1.54, 1.807) is 13.8 Å². The third kappa shape index (κ3) is 4.30. The van der Waals surface area contributed by atoms with Crippen molar-refractivity contribution in [3.05, 3.63) is 35.4 Å². The van der Waals surface area contributed by atoms with E-state index in [0.717, 1.165) is 12.1 Å². The van der Waals surface area contributed by atoms with Gasteiger partial charge >= 0.3 is 0 Å². The molecular weight excluding hydrogens is 248 g/mol. The van der Waals surface area contributed by atoms with Gasteiger partial charge in [-0.2, -0.15) is 0 Å². The summed E-state index contributed by atoms with van der Waals surface area (Å²) < 4.78 is 25.9. The molecule has 0 unspecified atom stereocenters. The third-order valence-corrected chi connectivity index (χ3v) is 2.85. The zero-order chi connectivity index (χ0) is 13.1. The summed E-state index contributed by atoms with van der Waals surface area (Å²) in [4.78, 5) is 11.6. The smallest absolute Gasteiger partial charge is 0.224 e. The zero-order valence-corrected chi connectivity index (χ0v) is 10.4. The maximum absolute atomic E-state index is 13.3. The summed E-state index contributed by atoms with van der Waals surface area (Å²) in [7, 11) is 0. The molecule has 1 N–H and O–H groups in total. The standard InChI is InChI=1S/C12H14ClF2NO/c1-12(2,7-13)16-11(17)5-8-3-4-9(14)6-10(8)15/h3-4,6H,5,7H2,1-2H3,(H,16,17). The molecule has 1 amide bonds. The van der Waals surface area contributed by atoms with Crippen LogP contribution in [-0.4, -0.2) is 17.3 Å². The lowest BCUT2D eigenvalue weighted by Gasteiger charge is -2.23. The van der Waals surface area contributed by atoms with E-state index >= 15 is 0 Å². The fraction of sp³-hybridized carbons (Fsp3) is 0.417. The normalized spacial score (nSPS) is 11.4. The van der Waals surface area contributed by atoms with Crippen LogP contribution in [0.2, 0.25) is 0 Å². The maximum atomic E-state index is 13.3. The van der Waals surface area contributed by atoms with Gasteiger partial charge in [-0.15, -0.1) is 11.6 Å². The largest absolute Gasteiger partial charge is 0.350 e. The first-order valence-electron chi connectivity index (χ1n) is 5.15. The minimum Gasteiger partial charge on any atom is -0.350 e. The average Bonchev–Trinajstić information content (AvgIpc) is 2.21. The van der Waals surface area contributed by atoms with Crippen molar-refractivity contribution >= 4 is 17.5 Å². The van der Waals surface area contributed by atoms with Crippen molar-refractivity contribution in [2.75, 3.05) is 5.88 Å². The van der Waals surface area contributed by atoms with E-state index in [1.165, 1.54) is 6.07 Å². The summed E-state index contributed by atoms with van der Waals surface area (Å²) in [6.45, 7) is 3.53. The molecule has 0 fully saturated rings. The lowest BCUT2D eigenvalue weighted by molar-refractivity contribution is -0.121. The van der Waals surface area contributed by atoms with Crippen molar-refractivity contribution in [2.45, 2.75) is 25.8 Å². The highest BCUT2D eigenvalue weighted by molar-refractivity contribution is 6.18.